The van der Waals surface area contributed by atoms with Crippen molar-refractivity contribution >= 4 is 39.3 Å². The van der Waals surface area contributed by atoms with E-state index in [-0.39, 0.29) is 47.1 Å². The number of imide groups is 1. The Bertz CT molecular complexity index is 1770. The topological polar surface area (TPSA) is 117 Å². The van der Waals surface area contributed by atoms with Crippen LogP contribution in [0.1, 0.15) is 71.0 Å². The lowest BCUT2D eigenvalue weighted by Crippen LogP contribution is -2.43. The van der Waals surface area contributed by atoms with Gasteiger partial charge in [0.2, 0.25) is 11.8 Å². The molecule has 2 N–H and O–H groups in total. The van der Waals surface area contributed by atoms with Crippen molar-refractivity contribution in [3.63, 3.8) is 0 Å². The second-order valence-electron chi connectivity index (χ2n) is 12.9. The van der Waals surface area contributed by atoms with Crippen LogP contribution < -0.4 is 16.2 Å². The quantitative estimate of drug-likeness (QED) is 0.307. The summed E-state index contributed by atoms with van der Waals surface area (Å²) < 4.78 is 1.79. The van der Waals surface area contributed by atoms with Gasteiger partial charge >= 0.3 is 0 Å². The normalized spacial score (nSPS) is 22.3. The molecule has 3 atom stereocenters. The Kier molecular flexibility index (Phi) is 9.89. The van der Waals surface area contributed by atoms with Gasteiger partial charge in [0.15, 0.2) is 0 Å². The molecule has 0 bridgehead atoms. The summed E-state index contributed by atoms with van der Waals surface area (Å²) in [5.41, 5.74) is 4.20. The highest BCUT2D eigenvalue weighted by Gasteiger charge is 2.29. The van der Waals surface area contributed by atoms with Gasteiger partial charge in [0.05, 0.1) is 17.8 Å². The number of piperidine rings is 3. The van der Waals surface area contributed by atoms with Gasteiger partial charge in [-0.05, 0) is 90.0 Å². The molecule has 3 aliphatic heterocycles. The molecule has 0 spiro atoms. The highest BCUT2D eigenvalue weighted by Crippen LogP contribution is 2.30. The van der Waals surface area contributed by atoms with Crippen LogP contribution in [0.25, 0.3) is 0 Å². The van der Waals surface area contributed by atoms with E-state index in [0.29, 0.717) is 41.7 Å². The Morgan fingerprint density at radius 2 is 1.66 bits per heavy atom. The third-order valence-electron chi connectivity index (χ3n) is 9.46. The summed E-state index contributed by atoms with van der Waals surface area (Å²) in [6.07, 6.45) is 5.12. The van der Waals surface area contributed by atoms with Crippen LogP contribution >= 0.6 is 15.9 Å². The number of rotatable bonds is 5. The van der Waals surface area contributed by atoms with Crippen molar-refractivity contribution < 1.29 is 14.4 Å². The molecule has 244 valence electrons. The maximum atomic E-state index is 13.4. The molecule has 0 aliphatic carbocycles. The molecule has 4 heterocycles. The van der Waals surface area contributed by atoms with Crippen LogP contribution in [-0.4, -0.2) is 76.6 Å². The van der Waals surface area contributed by atoms with Crippen LogP contribution in [-0.2, 0) is 16.6 Å². The van der Waals surface area contributed by atoms with E-state index < -0.39 is 0 Å². The molecular formula is C36H39BrN6O4. The molecule has 47 heavy (non-hydrogen) atoms. The number of anilines is 1. The van der Waals surface area contributed by atoms with E-state index in [1.54, 1.807) is 13.2 Å². The van der Waals surface area contributed by atoms with Gasteiger partial charge in [0.25, 0.3) is 11.5 Å². The van der Waals surface area contributed by atoms with Crippen LogP contribution in [0.4, 0.5) is 5.69 Å². The highest BCUT2D eigenvalue weighted by atomic mass is 79.9. The lowest BCUT2D eigenvalue weighted by molar-refractivity contribution is -0.134. The summed E-state index contributed by atoms with van der Waals surface area (Å²) in [5.74, 6) is 6.47. The minimum atomic E-state index is -0.295. The predicted molar refractivity (Wildman–Crippen MR) is 183 cm³/mol. The molecule has 3 fully saturated rings. The molecule has 10 nitrogen and oxygen atoms in total. The number of aromatic nitrogens is 2. The van der Waals surface area contributed by atoms with Crippen molar-refractivity contribution in [3.8, 4) is 11.8 Å². The maximum Gasteiger partial charge on any atom is 0.282 e. The molecule has 3 aromatic rings. The Morgan fingerprint density at radius 1 is 0.957 bits per heavy atom. The average Bonchev–Trinajstić information content (AvgIpc) is 3.08. The Balaban J connectivity index is 1.01. The van der Waals surface area contributed by atoms with Gasteiger partial charge in [-0.25, -0.2) is 4.68 Å². The molecule has 6 rings (SSSR count). The number of nitrogens with one attached hydrogen (secondary N) is 2. The molecule has 2 aromatic carbocycles. The number of likely N-dealkylation sites (N-methyl/N-ethyl adjacent to an activating group) is 1. The fraction of sp³-hybridized carbons (Fsp3) is 0.417. The van der Waals surface area contributed by atoms with Crippen LogP contribution in [0.3, 0.4) is 0 Å². The number of carbonyl (C=O) groups excluding carboxylic acids is 3. The number of benzene rings is 2. The zero-order valence-corrected chi connectivity index (χ0v) is 28.3. The number of carbonyl (C=O) groups is 3. The number of likely N-dealkylation sites (tertiary alicyclic amines) is 2. The standard InChI is InChI=1S/C36H39BrN6O4/c1-41-21-28(19-29(22-41)39-31-20-38-42(2)36(47)33(31)37)25-9-11-27(12-10-25)35(46)43-17-15-24(16-18-43)4-3-23-5-7-26(8-6-23)30-13-14-32(44)40-34(30)45/h5-12,20,24,28-30,39H,13-19,21-22H2,1-2H3,(H,40,44,45)/t28-,29+,30?/m0/s1. The number of hydrogen-bond donors (Lipinski definition) is 2. The third kappa shape index (κ3) is 7.66. The molecule has 0 radical (unpaired) electrons. The lowest BCUT2D eigenvalue weighted by atomic mass is 9.87. The van der Waals surface area contributed by atoms with Gasteiger partial charge in [0.1, 0.15) is 4.47 Å². The maximum absolute atomic E-state index is 13.4. The van der Waals surface area contributed by atoms with Gasteiger partial charge in [-0.15, -0.1) is 0 Å². The van der Waals surface area contributed by atoms with E-state index in [9.17, 15) is 19.2 Å². The van der Waals surface area contributed by atoms with Gasteiger partial charge in [-0.1, -0.05) is 36.1 Å². The predicted octanol–water partition coefficient (Wildman–Crippen LogP) is 3.87. The minimum absolute atomic E-state index is 0.0512. The van der Waals surface area contributed by atoms with Crippen molar-refractivity contribution in [2.24, 2.45) is 13.0 Å². The van der Waals surface area contributed by atoms with Crippen LogP contribution in [0.2, 0.25) is 0 Å². The number of aryl methyl sites for hydroxylation is 1. The Labute approximate surface area is 283 Å². The molecule has 3 saturated heterocycles. The Hall–Kier alpha value is -4.27. The van der Waals surface area contributed by atoms with Crippen molar-refractivity contribution in [2.45, 2.75) is 50.0 Å². The number of halogens is 1. The SMILES string of the molecule is CN1C[C@H](Nc2cnn(C)c(=O)c2Br)C[C@H](c2ccc(C(=O)N3CCC(C#Cc4ccc(C5CCC(=O)NC5=O)cc4)CC3)cc2)C1. The molecule has 11 heteroatoms. The second kappa shape index (κ2) is 14.2. The first kappa shape index (κ1) is 32.7. The minimum Gasteiger partial charge on any atom is -0.379 e. The molecule has 1 unspecified atom stereocenters. The summed E-state index contributed by atoms with van der Waals surface area (Å²) in [6, 6.07) is 15.9. The zero-order chi connectivity index (χ0) is 33.1. The first-order chi connectivity index (χ1) is 22.6. The van der Waals surface area contributed by atoms with Gasteiger partial charge in [-0.3, -0.25) is 24.5 Å². The molecule has 3 aliphatic rings. The van der Waals surface area contributed by atoms with Crippen molar-refractivity contribution in [1.82, 2.24) is 24.9 Å². The average molecular weight is 700 g/mol. The largest absolute Gasteiger partial charge is 0.379 e. The lowest BCUT2D eigenvalue weighted by Gasteiger charge is -2.37. The van der Waals surface area contributed by atoms with Crippen LogP contribution in [0, 0.1) is 17.8 Å². The summed E-state index contributed by atoms with van der Waals surface area (Å²) in [4.78, 5) is 53.5. The summed E-state index contributed by atoms with van der Waals surface area (Å²) in [7, 11) is 3.73. The number of amides is 3. The van der Waals surface area contributed by atoms with Gasteiger partial charge < -0.3 is 15.1 Å². The number of hydrogen-bond acceptors (Lipinski definition) is 7. The molecular weight excluding hydrogens is 660 g/mol. The van der Waals surface area contributed by atoms with Crippen LogP contribution in [0.5, 0.6) is 0 Å². The summed E-state index contributed by atoms with van der Waals surface area (Å²) in [6.45, 7) is 3.11. The van der Waals surface area contributed by atoms with E-state index in [0.717, 1.165) is 43.5 Å². The molecule has 1 aromatic heterocycles. The number of nitrogens with zero attached hydrogens (tertiary/aromatic N) is 4. The second-order valence-corrected chi connectivity index (χ2v) is 13.7. The molecule has 3 amide bonds. The van der Waals surface area contributed by atoms with Crippen molar-refractivity contribution in [2.75, 3.05) is 38.5 Å². The third-order valence-corrected chi connectivity index (χ3v) is 10.2. The fourth-order valence-electron chi connectivity index (χ4n) is 6.80. The van der Waals surface area contributed by atoms with Crippen molar-refractivity contribution in [3.05, 3.63) is 91.8 Å². The van der Waals surface area contributed by atoms with E-state index in [1.807, 2.05) is 41.3 Å². The van der Waals surface area contributed by atoms with E-state index in [2.05, 4.69) is 67.6 Å². The smallest absolute Gasteiger partial charge is 0.282 e. The Morgan fingerprint density at radius 3 is 2.36 bits per heavy atom. The first-order valence-electron chi connectivity index (χ1n) is 16.2. The van der Waals surface area contributed by atoms with Crippen molar-refractivity contribution in [1.29, 1.82) is 0 Å². The highest BCUT2D eigenvalue weighted by molar-refractivity contribution is 9.10. The fourth-order valence-corrected chi connectivity index (χ4v) is 7.27. The van der Waals surface area contributed by atoms with E-state index in [1.165, 1.54) is 10.2 Å². The summed E-state index contributed by atoms with van der Waals surface area (Å²) in [5, 5.41) is 10.1. The van der Waals surface area contributed by atoms with Gasteiger partial charge in [0, 0.05) is 62.7 Å². The molecule has 0 saturated carbocycles. The zero-order valence-electron chi connectivity index (χ0n) is 26.7. The van der Waals surface area contributed by atoms with Crippen LogP contribution in [0.15, 0.2) is 64.0 Å². The van der Waals surface area contributed by atoms with E-state index >= 15 is 0 Å². The van der Waals surface area contributed by atoms with E-state index in [4.69, 9.17) is 0 Å². The first-order valence-corrected chi connectivity index (χ1v) is 16.9. The van der Waals surface area contributed by atoms with Gasteiger partial charge in [-0.2, -0.15) is 5.10 Å². The summed E-state index contributed by atoms with van der Waals surface area (Å²) >= 11 is 3.41. The monoisotopic (exact) mass is 698 g/mol.